The van der Waals surface area contributed by atoms with Gasteiger partial charge in [-0.1, -0.05) is 0 Å². The second-order valence-corrected chi connectivity index (χ2v) is 9.09. The maximum absolute atomic E-state index is 13.8. The fraction of sp³-hybridized carbons (Fsp3) is 0.600. The number of hydrogen-bond acceptors (Lipinski definition) is 4. The van der Waals surface area contributed by atoms with Crippen molar-refractivity contribution >= 4 is 15.5 Å². The van der Waals surface area contributed by atoms with Crippen molar-refractivity contribution in [3.63, 3.8) is 0 Å². The second kappa shape index (κ2) is 6.12. The second-order valence-electron chi connectivity index (χ2n) is 6.44. The number of nitrogens with zero attached hydrogens (tertiary/aromatic N) is 1. The van der Waals surface area contributed by atoms with Crippen molar-refractivity contribution in [2.24, 2.45) is 0 Å². The van der Waals surface area contributed by atoms with Crippen molar-refractivity contribution in [1.29, 1.82) is 0 Å². The van der Waals surface area contributed by atoms with Gasteiger partial charge in [0.05, 0.1) is 10.4 Å². The van der Waals surface area contributed by atoms with Gasteiger partial charge >= 0.3 is 0 Å². The Hall–Kier alpha value is -1.21. The lowest BCUT2D eigenvalue weighted by Gasteiger charge is -2.25. The van der Waals surface area contributed by atoms with Crippen molar-refractivity contribution < 1.29 is 17.2 Å². The molecule has 22 heavy (non-hydrogen) atoms. The first kappa shape index (κ1) is 17.1. The molecular weight excluding hydrogens is 310 g/mol. The molecule has 1 aliphatic heterocycles. The first-order chi connectivity index (χ1) is 10.1. The Morgan fingerprint density at radius 3 is 2.64 bits per heavy atom. The van der Waals surface area contributed by atoms with Crippen LogP contribution in [0, 0.1) is 11.6 Å². The Labute approximate surface area is 130 Å². The van der Waals surface area contributed by atoms with Gasteiger partial charge in [-0.2, -0.15) is 0 Å². The molecule has 0 radical (unpaired) electrons. The molecular formula is C15H22F2N2O2S. The summed E-state index contributed by atoms with van der Waals surface area (Å²) >= 11 is 0. The minimum Gasteiger partial charge on any atom is -0.368 e. The van der Waals surface area contributed by atoms with Crippen molar-refractivity contribution in [1.82, 2.24) is 5.32 Å². The van der Waals surface area contributed by atoms with Crippen LogP contribution in [-0.2, 0) is 9.84 Å². The lowest BCUT2D eigenvalue weighted by Crippen LogP contribution is -2.46. The number of benzene rings is 1. The third-order valence-electron chi connectivity index (χ3n) is 4.26. The smallest absolute Gasteiger partial charge is 0.153 e. The van der Waals surface area contributed by atoms with Crippen LogP contribution in [0.3, 0.4) is 0 Å². The SMILES string of the molecule is CC(C)(CN[C@@H]1CCN(c2ccc(F)cc2F)C1)S(C)(=O)=O. The maximum Gasteiger partial charge on any atom is 0.153 e. The molecule has 1 aromatic carbocycles. The first-order valence-corrected chi connectivity index (χ1v) is 9.12. The van der Waals surface area contributed by atoms with Crippen LogP contribution in [0.1, 0.15) is 20.3 Å². The summed E-state index contributed by atoms with van der Waals surface area (Å²) in [5.41, 5.74) is 0.382. The molecule has 0 aliphatic carbocycles. The van der Waals surface area contributed by atoms with Crippen molar-refractivity contribution in [3.05, 3.63) is 29.8 Å². The average Bonchev–Trinajstić information content (AvgIpc) is 2.83. The molecule has 0 bridgehead atoms. The number of anilines is 1. The normalized spacial score (nSPS) is 19.7. The minimum atomic E-state index is -3.15. The quantitative estimate of drug-likeness (QED) is 0.895. The zero-order valence-electron chi connectivity index (χ0n) is 13.1. The Balaban J connectivity index is 1.96. The highest BCUT2D eigenvalue weighted by Gasteiger charge is 2.32. The van der Waals surface area contributed by atoms with Crippen LogP contribution < -0.4 is 10.2 Å². The lowest BCUT2D eigenvalue weighted by molar-refractivity contribution is 0.480. The zero-order valence-corrected chi connectivity index (χ0v) is 13.9. The van der Waals surface area contributed by atoms with Gasteiger partial charge < -0.3 is 10.2 Å². The van der Waals surface area contributed by atoms with Crippen LogP contribution in [-0.4, -0.2) is 45.1 Å². The Morgan fingerprint density at radius 1 is 1.36 bits per heavy atom. The van der Waals surface area contributed by atoms with Gasteiger partial charge in [0.25, 0.3) is 0 Å². The minimum absolute atomic E-state index is 0.0884. The van der Waals surface area contributed by atoms with Gasteiger partial charge in [-0.15, -0.1) is 0 Å². The third kappa shape index (κ3) is 3.76. The molecule has 1 saturated heterocycles. The lowest BCUT2D eigenvalue weighted by atomic mass is 10.2. The molecule has 1 N–H and O–H groups in total. The zero-order chi connectivity index (χ0) is 16.5. The van der Waals surface area contributed by atoms with E-state index < -0.39 is 26.2 Å². The number of hydrogen-bond donors (Lipinski definition) is 1. The molecule has 4 nitrogen and oxygen atoms in total. The predicted molar refractivity (Wildman–Crippen MR) is 83.9 cm³/mol. The molecule has 7 heteroatoms. The van der Waals surface area contributed by atoms with E-state index in [1.54, 1.807) is 13.8 Å². The summed E-state index contributed by atoms with van der Waals surface area (Å²) in [4.78, 5) is 1.85. The van der Waals surface area contributed by atoms with E-state index in [1.165, 1.54) is 18.4 Å². The van der Waals surface area contributed by atoms with E-state index in [0.717, 1.165) is 12.5 Å². The molecule has 0 spiro atoms. The van der Waals surface area contributed by atoms with E-state index in [2.05, 4.69) is 5.32 Å². The van der Waals surface area contributed by atoms with Crippen LogP contribution in [0.5, 0.6) is 0 Å². The summed E-state index contributed by atoms with van der Waals surface area (Å²) in [6.07, 6.45) is 2.01. The molecule has 1 atom stereocenters. The molecule has 0 saturated carbocycles. The van der Waals surface area contributed by atoms with Crippen molar-refractivity contribution in [3.8, 4) is 0 Å². The van der Waals surface area contributed by atoms with E-state index in [1.807, 2.05) is 4.90 Å². The summed E-state index contributed by atoms with van der Waals surface area (Å²) in [6, 6.07) is 3.65. The molecule has 124 valence electrons. The molecule has 0 unspecified atom stereocenters. The van der Waals surface area contributed by atoms with Crippen LogP contribution in [0.15, 0.2) is 18.2 Å². The third-order valence-corrected chi connectivity index (χ3v) is 6.41. The molecule has 2 rings (SSSR count). The van der Waals surface area contributed by atoms with Crippen LogP contribution >= 0.6 is 0 Å². The fourth-order valence-corrected chi connectivity index (χ4v) is 2.75. The van der Waals surface area contributed by atoms with Crippen molar-refractivity contribution in [2.45, 2.75) is 31.1 Å². The van der Waals surface area contributed by atoms with Gasteiger partial charge in [0.2, 0.25) is 0 Å². The topological polar surface area (TPSA) is 49.4 Å². The van der Waals surface area contributed by atoms with Crippen LogP contribution in [0.25, 0.3) is 0 Å². The van der Waals surface area contributed by atoms with Crippen molar-refractivity contribution in [2.75, 3.05) is 30.8 Å². The van der Waals surface area contributed by atoms with Gasteiger partial charge in [0, 0.05) is 38.0 Å². The first-order valence-electron chi connectivity index (χ1n) is 7.23. The average molecular weight is 332 g/mol. The Kier molecular flexibility index (Phi) is 4.77. The van der Waals surface area contributed by atoms with Gasteiger partial charge in [-0.05, 0) is 32.4 Å². The largest absolute Gasteiger partial charge is 0.368 e. The van der Waals surface area contributed by atoms with Crippen LogP contribution in [0.2, 0.25) is 0 Å². The molecule has 1 aliphatic rings. The van der Waals surface area contributed by atoms with Gasteiger partial charge in [-0.25, -0.2) is 17.2 Å². The molecule has 0 amide bonds. The van der Waals surface area contributed by atoms with Crippen LogP contribution in [0.4, 0.5) is 14.5 Å². The highest BCUT2D eigenvalue weighted by atomic mass is 32.2. The summed E-state index contributed by atoms with van der Waals surface area (Å²) in [5, 5.41) is 3.24. The molecule has 1 fully saturated rings. The summed E-state index contributed by atoms with van der Waals surface area (Å²) < 4.78 is 49.3. The Morgan fingerprint density at radius 2 is 2.05 bits per heavy atom. The molecule has 1 heterocycles. The monoisotopic (exact) mass is 332 g/mol. The number of nitrogens with one attached hydrogen (secondary N) is 1. The number of halogens is 2. The fourth-order valence-electron chi connectivity index (χ4n) is 2.40. The van der Waals surface area contributed by atoms with E-state index in [-0.39, 0.29) is 6.04 Å². The van der Waals surface area contributed by atoms with Gasteiger partial charge in [-0.3, -0.25) is 0 Å². The predicted octanol–water partition coefficient (Wildman–Crippen LogP) is 1.96. The van der Waals surface area contributed by atoms with E-state index >= 15 is 0 Å². The number of sulfone groups is 1. The summed E-state index contributed by atoms with van der Waals surface area (Å²) in [5.74, 6) is -1.16. The maximum atomic E-state index is 13.8. The van der Waals surface area contributed by atoms with E-state index in [9.17, 15) is 17.2 Å². The Bertz CT molecular complexity index is 647. The molecule has 0 aromatic heterocycles. The molecule has 1 aromatic rings. The standard InChI is InChI=1S/C15H22F2N2O2S/c1-15(2,22(3,20)21)10-18-12-6-7-19(9-12)14-5-4-11(16)8-13(14)17/h4-5,8,12,18H,6-7,9-10H2,1-3H3/t12-/m1/s1. The summed E-state index contributed by atoms with van der Waals surface area (Å²) in [6.45, 7) is 4.93. The summed E-state index contributed by atoms with van der Waals surface area (Å²) in [7, 11) is -3.15. The number of rotatable bonds is 5. The van der Waals surface area contributed by atoms with E-state index in [0.29, 0.717) is 25.3 Å². The highest BCUT2D eigenvalue weighted by Crippen LogP contribution is 2.24. The highest BCUT2D eigenvalue weighted by molar-refractivity contribution is 7.92. The van der Waals surface area contributed by atoms with Gasteiger partial charge in [0.1, 0.15) is 11.6 Å². The van der Waals surface area contributed by atoms with Gasteiger partial charge in [0.15, 0.2) is 9.84 Å². The van der Waals surface area contributed by atoms with E-state index in [4.69, 9.17) is 0 Å².